The van der Waals surface area contributed by atoms with Crippen LogP contribution in [0.25, 0.3) is 33.3 Å². The predicted molar refractivity (Wildman–Crippen MR) is 127 cm³/mol. The van der Waals surface area contributed by atoms with Crippen molar-refractivity contribution in [2.45, 2.75) is 39.0 Å². The maximum atomic E-state index is 6.12. The highest BCUT2D eigenvalue weighted by Gasteiger charge is 2.17. The highest BCUT2D eigenvalue weighted by molar-refractivity contribution is 6.05. The fourth-order valence-corrected chi connectivity index (χ4v) is 4.04. The van der Waals surface area contributed by atoms with Gasteiger partial charge in [-0.1, -0.05) is 58.0 Å². The Hall–Kier alpha value is -3.46. The van der Waals surface area contributed by atoms with Gasteiger partial charge in [0.15, 0.2) is 0 Å². The first kappa shape index (κ1) is 19.5. The van der Waals surface area contributed by atoms with Crippen molar-refractivity contribution in [3.63, 3.8) is 0 Å². The normalized spacial score (nSPS) is 13.0. The first-order valence-electron chi connectivity index (χ1n) is 10.8. The molecule has 0 saturated carbocycles. The van der Waals surface area contributed by atoms with Crippen molar-refractivity contribution in [2.75, 3.05) is 0 Å². The molecule has 5 rings (SSSR count). The molecule has 0 bridgehead atoms. The molecule has 0 aliphatic heterocycles. The molecule has 3 heteroatoms. The van der Waals surface area contributed by atoms with E-state index in [0.29, 0.717) is 5.71 Å². The van der Waals surface area contributed by atoms with Crippen molar-refractivity contribution < 1.29 is 4.42 Å². The van der Waals surface area contributed by atoms with Crippen molar-refractivity contribution in [3.8, 4) is 11.3 Å². The molecule has 31 heavy (non-hydrogen) atoms. The lowest BCUT2D eigenvalue weighted by Crippen LogP contribution is -2.11. The molecule has 0 fully saturated rings. The first-order chi connectivity index (χ1) is 14.9. The van der Waals surface area contributed by atoms with E-state index in [2.05, 4.69) is 93.3 Å². The Morgan fingerprint density at radius 1 is 0.839 bits per heavy atom. The SMILES string of the molecule is CC(c1ccccc1)c1ccc2c(n1)oc1ccc(-c3cc(C(C)(C)C)ccn3)cc12. The van der Waals surface area contributed by atoms with Crippen molar-refractivity contribution in [2.24, 2.45) is 0 Å². The van der Waals surface area contributed by atoms with E-state index in [9.17, 15) is 0 Å². The molecule has 0 aliphatic carbocycles. The molecule has 0 amide bonds. The number of aromatic nitrogens is 2. The summed E-state index contributed by atoms with van der Waals surface area (Å²) in [4.78, 5) is 9.47. The number of hydrogen-bond donors (Lipinski definition) is 0. The zero-order valence-corrected chi connectivity index (χ0v) is 18.4. The fourth-order valence-electron chi connectivity index (χ4n) is 4.04. The number of pyridine rings is 2. The summed E-state index contributed by atoms with van der Waals surface area (Å²) in [7, 11) is 0. The van der Waals surface area contributed by atoms with Crippen LogP contribution in [0.4, 0.5) is 0 Å². The Labute approximate surface area is 182 Å². The molecule has 3 nitrogen and oxygen atoms in total. The zero-order valence-electron chi connectivity index (χ0n) is 18.4. The Kier molecular flexibility index (Phi) is 4.62. The maximum Gasteiger partial charge on any atom is 0.227 e. The van der Waals surface area contributed by atoms with Crippen LogP contribution in [0.3, 0.4) is 0 Å². The summed E-state index contributed by atoms with van der Waals surface area (Å²) in [6.45, 7) is 8.84. The van der Waals surface area contributed by atoms with Crippen molar-refractivity contribution in [1.29, 1.82) is 0 Å². The van der Waals surface area contributed by atoms with Gasteiger partial charge in [0.2, 0.25) is 5.71 Å². The van der Waals surface area contributed by atoms with Crippen molar-refractivity contribution in [3.05, 3.63) is 95.8 Å². The molecule has 3 aromatic heterocycles. The molecule has 1 unspecified atom stereocenters. The van der Waals surface area contributed by atoms with Gasteiger partial charge >= 0.3 is 0 Å². The Bertz CT molecular complexity index is 1380. The van der Waals surface area contributed by atoms with Gasteiger partial charge < -0.3 is 4.42 Å². The van der Waals surface area contributed by atoms with Crippen LogP contribution < -0.4 is 0 Å². The monoisotopic (exact) mass is 406 g/mol. The number of furan rings is 1. The predicted octanol–water partition coefficient (Wildman–Crippen LogP) is 7.49. The lowest BCUT2D eigenvalue weighted by atomic mass is 9.87. The van der Waals surface area contributed by atoms with Gasteiger partial charge in [-0.15, -0.1) is 0 Å². The highest BCUT2D eigenvalue weighted by Crippen LogP contribution is 2.34. The third-order valence-corrected chi connectivity index (χ3v) is 6.02. The molecular weight excluding hydrogens is 380 g/mol. The van der Waals surface area contributed by atoms with Crippen LogP contribution in [0.15, 0.2) is 83.4 Å². The minimum atomic E-state index is 0.0832. The molecule has 2 aromatic carbocycles. The summed E-state index contributed by atoms with van der Waals surface area (Å²) in [5, 5.41) is 2.11. The quantitative estimate of drug-likeness (QED) is 0.311. The van der Waals surface area contributed by atoms with E-state index in [1.807, 2.05) is 18.3 Å². The molecule has 0 spiro atoms. The summed E-state index contributed by atoms with van der Waals surface area (Å²) < 4.78 is 6.12. The van der Waals surface area contributed by atoms with Gasteiger partial charge in [0.05, 0.1) is 11.4 Å². The summed E-state index contributed by atoms with van der Waals surface area (Å²) in [6.07, 6.45) is 1.90. The van der Waals surface area contributed by atoms with Gasteiger partial charge in [0, 0.05) is 28.5 Å². The Morgan fingerprint density at radius 2 is 1.65 bits per heavy atom. The molecule has 154 valence electrons. The molecule has 3 heterocycles. The van der Waals surface area contributed by atoms with Crippen LogP contribution in [0.2, 0.25) is 0 Å². The minimum Gasteiger partial charge on any atom is -0.438 e. The third kappa shape index (κ3) is 3.61. The average Bonchev–Trinajstić information content (AvgIpc) is 3.15. The topological polar surface area (TPSA) is 38.9 Å². The summed E-state index contributed by atoms with van der Waals surface area (Å²) in [5.41, 5.74) is 7.21. The van der Waals surface area contributed by atoms with Gasteiger partial charge in [0.25, 0.3) is 0 Å². The average molecular weight is 407 g/mol. The third-order valence-electron chi connectivity index (χ3n) is 6.02. The van der Waals surface area contributed by atoms with E-state index in [4.69, 9.17) is 9.40 Å². The zero-order chi connectivity index (χ0) is 21.6. The van der Waals surface area contributed by atoms with E-state index < -0.39 is 0 Å². The number of hydrogen-bond acceptors (Lipinski definition) is 3. The minimum absolute atomic E-state index is 0.0832. The van der Waals surface area contributed by atoms with Gasteiger partial charge in [-0.2, -0.15) is 0 Å². The van der Waals surface area contributed by atoms with Gasteiger partial charge in [-0.3, -0.25) is 4.98 Å². The highest BCUT2D eigenvalue weighted by atomic mass is 16.3. The van der Waals surface area contributed by atoms with Crippen LogP contribution >= 0.6 is 0 Å². The van der Waals surface area contributed by atoms with Crippen LogP contribution in [0.5, 0.6) is 0 Å². The second-order valence-corrected chi connectivity index (χ2v) is 9.21. The Morgan fingerprint density at radius 3 is 2.42 bits per heavy atom. The Balaban J connectivity index is 1.57. The second kappa shape index (κ2) is 7.35. The lowest BCUT2D eigenvalue weighted by Gasteiger charge is -2.19. The number of rotatable bonds is 3. The molecule has 5 aromatic rings. The molecule has 0 saturated heterocycles. The van der Waals surface area contributed by atoms with Gasteiger partial charge in [-0.25, -0.2) is 4.98 Å². The summed E-state index contributed by atoms with van der Waals surface area (Å²) >= 11 is 0. The van der Waals surface area contributed by atoms with E-state index in [1.54, 1.807) is 0 Å². The number of nitrogens with zero attached hydrogens (tertiary/aromatic N) is 2. The molecular formula is C28H26N2O. The number of benzene rings is 2. The molecule has 0 aliphatic rings. The van der Waals surface area contributed by atoms with E-state index >= 15 is 0 Å². The van der Waals surface area contributed by atoms with Crippen molar-refractivity contribution >= 4 is 22.1 Å². The van der Waals surface area contributed by atoms with Crippen LogP contribution in [0, 0.1) is 0 Å². The summed E-state index contributed by atoms with van der Waals surface area (Å²) in [6, 6.07) is 25.2. The first-order valence-corrected chi connectivity index (χ1v) is 10.8. The van der Waals surface area contributed by atoms with Crippen molar-refractivity contribution in [1.82, 2.24) is 9.97 Å². The van der Waals surface area contributed by atoms with Gasteiger partial charge in [0.1, 0.15) is 5.58 Å². The smallest absolute Gasteiger partial charge is 0.227 e. The lowest BCUT2D eigenvalue weighted by molar-refractivity contribution is 0.589. The van der Waals surface area contributed by atoms with E-state index in [1.165, 1.54) is 11.1 Å². The summed E-state index contributed by atoms with van der Waals surface area (Å²) in [5.74, 6) is 0.207. The largest absolute Gasteiger partial charge is 0.438 e. The van der Waals surface area contributed by atoms with E-state index in [0.717, 1.165) is 33.3 Å². The molecule has 0 radical (unpaired) electrons. The number of fused-ring (bicyclic) bond motifs is 3. The fraction of sp³-hybridized carbons (Fsp3) is 0.214. The molecule has 1 atom stereocenters. The van der Waals surface area contributed by atoms with Crippen LogP contribution in [-0.4, -0.2) is 9.97 Å². The van der Waals surface area contributed by atoms with Crippen LogP contribution in [0.1, 0.15) is 50.4 Å². The van der Waals surface area contributed by atoms with Gasteiger partial charge in [-0.05, 0) is 59.0 Å². The standard InChI is InChI=1S/C28H26N2O/c1-18(19-8-6-5-7-9-19)24-12-11-22-23-16-20(10-13-26(23)31-27(22)30-24)25-17-21(14-15-29-25)28(2,3)4/h5-18H,1-4H3. The molecule has 0 N–H and O–H groups in total. The van der Waals surface area contributed by atoms with Crippen LogP contribution in [-0.2, 0) is 5.41 Å². The second-order valence-electron chi connectivity index (χ2n) is 9.21. The van der Waals surface area contributed by atoms with E-state index in [-0.39, 0.29) is 11.3 Å². The maximum absolute atomic E-state index is 6.12.